The zero-order valence-electron chi connectivity index (χ0n) is 36.2. The molecule has 0 spiro atoms. The Morgan fingerprint density at radius 1 is 0.500 bits per heavy atom. The molecule has 0 bridgehead atoms. The molecule has 5 nitrogen and oxygen atoms in total. The maximum Gasteiger partial charge on any atom is 0.216 e. The van der Waals surface area contributed by atoms with Crippen molar-refractivity contribution in [1.29, 1.82) is 0 Å². The summed E-state index contributed by atoms with van der Waals surface area (Å²) in [6.07, 6.45) is 3.87. The first-order valence-electron chi connectivity index (χ1n) is 20.7. The summed E-state index contributed by atoms with van der Waals surface area (Å²) < 4.78 is 6.25. The van der Waals surface area contributed by atoms with Crippen molar-refractivity contribution in [2.45, 2.75) is 55.4 Å². The molecule has 0 aliphatic carbocycles. The van der Waals surface area contributed by atoms with E-state index in [1.54, 1.807) is 0 Å². The summed E-state index contributed by atoms with van der Waals surface area (Å²) in [5.41, 5.74) is 22.5. The molecule has 5 heterocycles. The monoisotopic (exact) mass is 983 g/mol. The Balaban J connectivity index is 0.000000203. The number of hydrogen-bond acceptors (Lipinski definition) is 5. The van der Waals surface area contributed by atoms with Gasteiger partial charge in [-0.2, -0.15) is 0 Å². The Bertz CT molecular complexity index is 3280. The quantitative estimate of drug-likeness (QED) is 0.161. The molecular formula is C56H46IrN4O-2. The normalized spacial score (nSPS) is 11.1. The molecule has 10 rings (SSSR count). The van der Waals surface area contributed by atoms with Crippen molar-refractivity contribution in [1.82, 2.24) is 19.9 Å². The Morgan fingerprint density at radius 2 is 1.24 bits per heavy atom. The van der Waals surface area contributed by atoms with Crippen molar-refractivity contribution in [3.63, 3.8) is 0 Å². The van der Waals surface area contributed by atoms with Crippen LogP contribution in [-0.2, 0) is 20.1 Å². The van der Waals surface area contributed by atoms with Gasteiger partial charge in [-0.15, -0.1) is 47.5 Å². The van der Waals surface area contributed by atoms with Gasteiger partial charge in [-0.05, 0) is 129 Å². The number of benzene rings is 5. The van der Waals surface area contributed by atoms with Crippen molar-refractivity contribution in [2.75, 3.05) is 0 Å². The van der Waals surface area contributed by atoms with E-state index < -0.39 is 0 Å². The standard InChI is InChI=1S/C36H28N3O.C20H18N.Ir/c1-20-8-6-9-21(2)34(20)32-17-15-26-24(5)25(14-16-31(26)39-32)30-18-33(37-19-22(30)3)29-11-7-10-27-28-13-12-23(4)38-36(28)40-35(27)29;1-14-9-10-18(20-11-15(2)16(3)13-21-20)12-19(14)17-7-5-4-6-8-17;/h6-10,12-19H,1-5H3;4-9,11-13H,1-3H3;/q2*-1;. The smallest absolute Gasteiger partial charge is 0.216 e. The minimum absolute atomic E-state index is 0. The van der Waals surface area contributed by atoms with Gasteiger partial charge in [0.2, 0.25) is 5.71 Å². The third kappa shape index (κ3) is 8.00. The van der Waals surface area contributed by atoms with Crippen LogP contribution in [0.3, 0.4) is 0 Å². The molecule has 0 atom stereocenters. The minimum atomic E-state index is 0. The largest absolute Gasteiger partial charge is 0.486 e. The average molecular weight is 983 g/mol. The summed E-state index contributed by atoms with van der Waals surface area (Å²) >= 11 is 0. The number of rotatable bonds is 5. The second kappa shape index (κ2) is 17.4. The van der Waals surface area contributed by atoms with Crippen LogP contribution in [0.4, 0.5) is 0 Å². The van der Waals surface area contributed by atoms with E-state index in [9.17, 15) is 0 Å². The van der Waals surface area contributed by atoms with E-state index in [4.69, 9.17) is 14.4 Å². The van der Waals surface area contributed by atoms with Crippen molar-refractivity contribution in [3.05, 3.63) is 190 Å². The van der Waals surface area contributed by atoms with Crippen LogP contribution in [-0.4, -0.2) is 19.9 Å². The van der Waals surface area contributed by atoms with Gasteiger partial charge in [-0.25, -0.2) is 9.97 Å². The molecule has 307 valence electrons. The van der Waals surface area contributed by atoms with Crippen molar-refractivity contribution >= 4 is 33.0 Å². The molecule has 0 amide bonds. The molecule has 62 heavy (non-hydrogen) atoms. The second-order valence-corrected chi connectivity index (χ2v) is 16.1. The van der Waals surface area contributed by atoms with Gasteiger partial charge in [-0.3, -0.25) is 0 Å². The van der Waals surface area contributed by atoms with E-state index in [2.05, 4.69) is 168 Å². The molecular weight excluding hydrogens is 937 g/mol. The molecule has 5 aromatic heterocycles. The van der Waals surface area contributed by atoms with Crippen LogP contribution in [0.2, 0.25) is 0 Å². The molecule has 1 radical (unpaired) electrons. The number of aromatic nitrogens is 4. The zero-order chi connectivity index (χ0) is 42.4. The molecule has 0 unspecified atom stereocenters. The minimum Gasteiger partial charge on any atom is -0.486 e. The molecule has 0 aliphatic rings. The molecule has 0 fully saturated rings. The number of pyridine rings is 4. The van der Waals surface area contributed by atoms with Gasteiger partial charge >= 0.3 is 0 Å². The predicted molar refractivity (Wildman–Crippen MR) is 252 cm³/mol. The van der Waals surface area contributed by atoms with Crippen LogP contribution in [0.25, 0.3) is 89.0 Å². The topological polar surface area (TPSA) is 64.7 Å². The summed E-state index contributed by atoms with van der Waals surface area (Å²) in [6, 6.07) is 48.8. The maximum absolute atomic E-state index is 6.25. The number of furan rings is 1. The number of nitrogens with zero attached hydrogens (tertiary/aromatic N) is 4. The SMILES string of the molecule is Cc1ccc2c(n1)oc1c(-c3cc(-c4ccc5nc(-c6c(C)cccc6C)ccc5c4C)c(C)cn3)[c-]ccc12.Cc1cnc(-c2[c-]cc(C)c(-c3ccccc3)c2)cc1C.[Ir]. The summed E-state index contributed by atoms with van der Waals surface area (Å²) in [5.74, 6) is 0. The Labute approximate surface area is 377 Å². The molecule has 0 saturated carbocycles. The first-order chi connectivity index (χ1) is 29.5. The average Bonchev–Trinajstić information content (AvgIpc) is 3.64. The Morgan fingerprint density at radius 3 is 2.02 bits per heavy atom. The zero-order valence-corrected chi connectivity index (χ0v) is 38.6. The maximum atomic E-state index is 6.25. The summed E-state index contributed by atoms with van der Waals surface area (Å²) in [5, 5.41) is 3.17. The fourth-order valence-electron chi connectivity index (χ4n) is 8.27. The second-order valence-electron chi connectivity index (χ2n) is 16.1. The molecule has 0 aliphatic heterocycles. The van der Waals surface area contributed by atoms with Gasteiger partial charge in [0.15, 0.2) is 0 Å². The third-order valence-corrected chi connectivity index (χ3v) is 11.9. The van der Waals surface area contributed by atoms with Crippen LogP contribution in [0.5, 0.6) is 0 Å². The van der Waals surface area contributed by atoms with E-state index >= 15 is 0 Å². The molecule has 0 N–H and O–H groups in total. The van der Waals surface area contributed by atoms with Crippen molar-refractivity contribution in [3.8, 4) is 56.0 Å². The van der Waals surface area contributed by atoms with Crippen LogP contribution >= 0.6 is 0 Å². The molecule has 6 heteroatoms. The van der Waals surface area contributed by atoms with Crippen LogP contribution in [0.15, 0.2) is 138 Å². The van der Waals surface area contributed by atoms with Gasteiger partial charge in [0.1, 0.15) is 0 Å². The van der Waals surface area contributed by atoms with E-state index in [0.29, 0.717) is 5.71 Å². The summed E-state index contributed by atoms with van der Waals surface area (Å²) in [7, 11) is 0. The van der Waals surface area contributed by atoms with Gasteiger partial charge in [-0.1, -0.05) is 102 Å². The fourth-order valence-corrected chi connectivity index (χ4v) is 8.27. The first kappa shape index (κ1) is 42.1. The summed E-state index contributed by atoms with van der Waals surface area (Å²) in [4.78, 5) is 19.0. The third-order valence-electron chi connectivity index (χ3n) is 11.9. The van der Waals surface area contributed by atoms with Crippen molar-refractivity contribution < 1.29 is 24.5 Å². The van der Waals surface area contributed by atoms with E-state index in [0.717, 1.165) is 72.3 Å². The summed E-state index contributed by atoms with van der Waals surface area (Å²) in [6.45, 7) is 16.9. The van der Waals surface area contributed by atoms with Crippen LogP contribution < -0.4 is 0 Å². The fraction of sp³-hybridized carbons (Fsp3) is 0.143. The predicted octanol–water partition coefficient (Wildman–Crippen LogP) is 14.4. The molecule has 5 aromatic carbocycles. The number of fused-ring (bicyclic) bond motifs is 4. The Hall–Kier alpha value is -6.59. The van der Waals surface area contributed by atoms with Crippen molar-refractivity contribution in [2.24, 2.45) is 0 Å². The van der Waals surface area contributed by atoms with Gasteiger partial charge in [0, 0.05) is 54.5 Å². The van der Waals surface area contributed by atoms with E-state index in [-0.39, 0.29) is 20.1 Å². The molecule has 10 aromatic rings. The van der Waals surface area contributed by atoms with E-state index in [1.165, 1.54) is 55.6 Å². The number of aryl methyl sites for hydroxylation is 8. The van der Waals surface area contributed by atoms with Gasteiger partial charge < -0.3 is 14.4 Å². The Kier molecular flexibility index (Phi) is 11.8. The van der Waals surface area contributed by atoms with Gasteiger partial charge in [0.25, 0.3) is 0 Å². The first-order valence-corrected chi connectivity index (χ1v) is 20.7. The van der Waals surface area contributed by atoms with Crippen LogP contribution in [0, 0.1) is 67.5 Å². The van der Waals surface area contributed by atoms with Gasteiger partial charge in [0.05, 0.1) is 16.8 Å². The number of hydrogen-bond donors (Lipinski definition) is 0. The van der Waals surface area contributed by atoms with Crippen LogP contribution in [0.1, 0.15) is 44.6 Å². The van der Waals surface area contributed by atoms with E-state index in [1.807, 2.05) is 43.6 Å². The molecule has 0 saturated heterocycles.